The molecule has 0 aliphatic heterocycles. The van der Waals surface area contributed by atoms with Crippen molar-refractivity contribution in [3.63, 3.8) is 0 Å². The van der Waals surface area contributed by atoms with Crippen molar-refractivity contribution in [3.8, 4) is 11.5 Å². The van der Waals surface area contributed by atoms with Gasteiger partial charge in [0.15, 0.2) is 0 Å². The molecule has 0 atom stereocenters. The normalized spacial score (nSPS) is 10.2. The Morgan fingerprint density at radius 1 is 0.917 bits per heavy atom. The van der Waals surface area contributed by atoms with Gasteiger partial charge in [0.25, 0.3) is 5.91 Å². The van der Waals surface area contributed by atoms with E-state index in [0.29, 0.717) is 5.56 Å². The number of halogens is 1. The van der Waals surface area contributed by atoms with Crippen LogP contribution in [0.2, 0.25) is 0 Å². The zero-order valence-corrected chi connectivity index (χ0v) is 12.8. The van der Waals surface area contributed by atoms with Gasteiger partial charge in [-0.25, -0.2) is 4.39 Å². The molecule has 24 heavy (non-hydrogen) atoms. The fourth-order valence-corrected chi connectivity index (χ4v) is 2.06. The number of rotatable bonds is 6. The van der Waals surface area contributed by atoms with Crippen LogP contribution in [0.25, 0.3) is 0 Å². The van der Waals surface area contributed by atoms with Crippen molar-refractivity contribution in [1.29, 1.82) is 0 Å². The maximum Gasteiger partial charge on any atom is 0.251 e. The highest BCUT2D eigenvalue weighted by molar-refractivity contribution is 5.95. The first kappa shape index (κ1) is 17.3. The van der Waals surface area contributed by atoms with Crippen molar-refractivity contribution in [1.82, 2.24) is 10.6 Å². The molecule has 7 heteroatoms. The zero-order valence-electron chi connectivity index (χ0n) is 12.8. The number of phenols is 2. The maximum absolute atomic E-state index is 12.8. The van der Waals surface area contributed by atoms with Crippen LogP contribution in [0.4, 0.5) is 4.39 Å². The van der Waals surface area contributed by atoms with Crippen molar-refractivity contribution in [2.24, 2.45) is 0 Å². The molecule has 0 fully saturated rings. The highest BCUT2D eigenvalue weighted by atomic mass is 19.1. The lowest BCUT2D eigenvalue weighted by Gasteiger charge is -2.08. The van der Waals surface area contributed by atoms with Crippen molar-refractivity contribution in [2.75, 3.05) is 13.1 Å². The number of benzene rings is 2. The smallest absolute Gasteiger partial charge is 0.251 e. The summed E-state index contributed by atoms with van der Waals surface area (Å²) in [4.78, 5) is 23.6. The molecule has 0 aromatic heterocycles. The molecule has 0 spiro atoms. The van der Waals surface area contributed by atoms with Gasteiger partial charge in [-0.2, -0.15) is 0 Å². The van der Waals surface area contributed by atoms with E-state index in [-0.39, 0.29) is 48.3 Å². The second-order valence-electron chi connectivity index (χ2n) is 5.15. The summed E-state index contributed by atoms with van der Waals surface area (Å²) in [6.45, 7) is 0.404. The lowest BCUT2D eigenvalue weighted by molar-refractivity contribution is -0.120. The summed E-state index contributed by atoms with van der Waals surface area (Å²) in [6.07, 6.45) is 0.120. The van der Waals surface area contributed by atoms with Gasteiger partial charge in [0.05, 0.1) is 6.42 Å². The predicted molar refractivity (Wildman–Crippen MR) is 85.2 cm³/mol. The molecular formula is C17H17FN2O4. The number of carbonyl (C=O) groups is 2. The minimum Gasteiger partial charge on any atom is -0.508 e. The Hall–Kier alpha value is -3.09. The fourth-order valence-electron chi connectivity index (χ4n) is 2.06. The minimum absolute atomic E-state index is 0.116. The van der Waals surface area contributed by atoms with E-state index in [4.69, 9.17) is 0 Å². The van der Waals surface area contributed by atoms with Crippen LogP contribution in [0, 0.1) is 5.82 Å². The average Bonchev–Trinajstić information content (AvgIpc) is 2.52. The summed E-state index contributed by atoms with van der Waals surface area (Å²) >= 11 is 0. The fraction of sp³-hybridized carbons (Fsp3) is 0.176. The number of carbonyl (C=O) groups excluding carboxylic acids is 2. The molecule has 2 aromatic rings. The van der Waals surface area contributed by atoms with Crippen LogP contribution in [-0.2, 0) is 11.2 Å². The second-order valence-corrected chi connectivity index (χ2v) is 5.15. The summed E-state index contributed by atoms with van der Waals surface area (Å²) < 4.78 is 12.8. The number of phenolic OH excluding ortho intramolecular Hbond substituents is 2. The molecule has 0 saturated heterocycles. The molecule has 126 valence electrons. The van der Waals surface area contributed by atoms with E-state index < -0.39 is 5.91 Å². The van der Waals surface area contributed by atoms with E-state index in [2.05, 4.69) is 10.6 Å². The van der Waals surface area contributed by atoms with Gasteiger partial charge in [0.2, 0.25) is 5.91 Å². The van der Waals surface area contributed by atoms with E-state index in [0.717, 1.165) is 6.07 Å². The van der Waals surface area contributed by atoms with Crippen LogP contribution < -0.4 is 10.6 Å². The number of amides is 2. The third-order valence-electron chi connectivity index (χ3n) is 3.18. The first-order valence-electron chi connectivity index (χ1n) is 7.26. The van der Waals surface area contributed by atoms with Gasteiger partial charge in [-0.05, 0) is 29.8 Å². The van der Waals surface area contributed by atoms with Crippen LogP contribution in [0.15, 0.2) is 42.5 Å². The minimum atomic E-state index is -0.478. The summed E-state index contributed by atoms with van der Waals surface area (Å²) in [5, 5.41) is 23.8. The van der Waals surface area contributed by atoms with Crippen LogP contribution >= 0.6 is 0 Å². The van der Waals surface area contributed by atoms with Gasteiger partial charge in [0, 0.05) is 24.7 Å². The van der Waals surface area contributed by atoms with E-state index >= 15 is 0 Å². The second kappa shape index (κ2) is 7.96. The SMILES string of the molecule is O=C(Cc1ccc(F)cc1)NCCNC(=O)c1cc(O)cc(O)c1. The van der Waals surface area contributed by atoms with Crippen LogP contribution in [0.1, 0.15) is 15.9 Å². The van der Waals surface area contributed by atoms with E-state index in [9.17, 15) is 24.2 Å². The molecule has 0 heterocycles. The zero-order chi connectivity index (χ0) is 17.5. The highest BCUT2D eigenvalue weighted by Crippen LogP contribution is 2.20. The number of nitrogens with one attached hydrogen (secondary N) is 2. The number of hydrogen-bond donors (Lipinski definition) is 4. The monoisotopic (exact) mass is 332 g/mol. The Bertz CT molecular complexity index is 712. The maximum atomic E-state index is 12.8. The number of hydrogen-bond acceptors (Lipinski definition) is 4. The van der Waals surface area contributed by atoms with Gasteiger partial charge in [0.1, 0.15) is 17.3 Å². The molecule has 0 aliphatic rings. The summed E-state index contributed by atoms with van der Waals surface area (Å²) in [7, 11) is 0. The van der Waals surface area contributed by atoms with Gasteiger partial charge >= 0.3 is 0 Å². The molecule has 0 aliphatic carbocycles. The van der Waals surface area contributed by atoms with Crippen molar-refractivity contribution < 1.29 is 24.2 Å². The molecule has 0 bridgehead atoms. The first-order chi connectivity index (χ1) is 11.4. The Morgan fingerprint density at radius 2 is 1.50 bits per heavy atom. The quantitative estimate of drug-likeness (QED) is 0.600. The first-order valence-corrected chi connectivity index (χ1v) is 7.26. The molecule has 6 nitrogen and oxygen atoms in total. The van der Waals surface area contributed by atoms with Gasteiger partial charge in [-0.15, -0.1) is 0 Å². The molecule has 2 aromatic carbocycles. The van der Waals surface area contributed by atoms with Crippen LogP contribution in [0.5, 0.6) is 11.5 Å². The third-order valence-corrected chi connectivity index (χ3v) is 3.18. The Labute approximate surface area is 137 Å². The average molecular weight is 332 g/mol. The van der Waals surface area contributed by atoms with E-state index in [1.165, 1.54) is 36.4 Å². The van der Waals surface area contributed by atoms with E-state index in [1.807, 2.05) is 0 Å². The van der Waals surface area contributed by atoms with Gasteiger partial charge < -0.3 is 20.8 Å². The third kappa shape index (κ3) is 5.28. The number of aromatic hydroxyl groups is 2. The summed E-state index contributed by atoms with van der Waals surface area (Å²) in [6, 6.07) is 9.20. The summed E-state index contributed by atoms with van der Waals surface area (Å²) in [5.41, 5.74) is 0.804. The molecule has 2 amide bonds. The lowest BCUT2D eigenvalue weighted by atomic mass is 10.1. The standard InChI is InChI=1S/C17H17FN2O4/c18-13-3-1-11(2-4-13)7-16(23)19-5-6-20-17(24)12-8-14(21)10-15(22)9-12/h1-4,8-10,21-22H,5-7H2,(H,19,23)(H,20,24). The van der Waals surface area contributed by atoms with Crippen molar-refractivity contribution in [2.45, 2.75) is 6.42 Å². The van der Waals surface area contributed by atoms with Gasteiger partial charge in [-0.3, -0.25) is 9.59 Å². The Kier molecular flexibility index (Phi) is 5.73. The van der Waals surface area contributed by atoms with Gasteiger partial charge in [-0.1, -0.05) is 12.1 Å². The molecule has 4 N–H and O–H groups in total. The molecule has 0 saturated carbocycles. The van der Waals surface area contributed by atoms with Crippen molar-refractivity contribution >= 4 is 11.8 Å². The van der Waals surface area contributed by atoms with Crippen LogP contribution in [-0.4, -0.2) is 35.1 Å². The highest BCUT2D eigenvalue weighted by Gasteiger charge is 2.08. The van der Waals surface area contributed by atoms with E-state index in [1.54, 1.807) is 0 Å². The lowest BCUT2D eigenvalue weighted by Crippen LogP contribution is -2.35. The summed E-state index contributed by atoms with van der Waals surface area (Å²) in [5.74, 6) is -1.51. The Morgan fingerprint density at radius 3 is 2.12 bits per heavy atom. The molecular weight excluding hydrogens is 315 g/mol. The molecule has 2 rings (SSSR count). The molecule has 0 radical (unpaired) electrons. The van der Waals surface area contributed by atoms with Crippen LogP contribution in [0.3, 0.4) is 0 Å². The Balaban J connectivity index is 1.73. The topological polar surface area (TPSA) is 98.7 Å². The largest absolute Gasteiger partial charge is 0.508 e. The predicted octanol–water partition coefficient (Wildman–Crippen LogP) is 1.33. The molecule has 0 unspecified atom stereocenters. The van der Waals surface area contributed by atoms with Crippen molar-refractivity contribution in [3.05, 3.63) is 59.4 Å².